The van der Waals surface area contributed by atoms with Crippen molar-refractivity contribution in [2.24, 2.45) is 0 Å². The van der Waals surface area contributed by atoms with Crippen LogP contribution in [0.1, 0.15) is 18.9 Å². The van der Waals surface area contributed by atoms with Crippen molar-refractivity contribution >= 4 is 5.82 Å². The lowest BCUT2D eigenvalue weighted by molar-refractivity contribution is 0.0820. The summed E-state index contributed by atoms with van der Waals surface area (Å²) in [6, 6.07) is 1.33. The Hall–Kier alpha value is -1.20. The van der Waals surface area contributed by atoms with Crippen molar-refractivity contribution in [1.82, 2.24) is 4.98 Å². The van der Waals surface area contributed by atoms with Crippen LogP contribution in [-0.4, -0.2) is 35.9 Å². The molecule has 0 aliphatic carbocycles. The van der Waals surface area contributed by atoms with E-state index in [0.717, 1.165) is 19.6 Å². The maximum Gasteiger partial charge on any atom is 0.142 e. The van der Waals surface area contributed by atoms with Crippen LogP contribution in [0.3, 0.4) is 0 Å². The molecular weight excluding hydrogens is 223 g/mol. The van der Waals surface area contributed by atoms with Crippen LogP contribution in [0.25, 0.3) is 0 Å². The van der Waals surface area contributed by atoms with Gasteiger partial charge in [-0.1, -0.05) is 0 Å². The molecule has 17 heavy (non-hydrogen) atoms. The van der Waals surface area contributed by atoms with E-state index in [1.54, 1.807) is 0 Å². The lowest BCUT2D eigenvalue weighted by atomic mass is 10.2. The Bertz CT molecular complexity index is 387. The summed E-state index contributed by atoms with van der Waals surface area (Å²) in [6.07, 6.45) is 2.22. The van der Waals surface area contributed by atoms with Gasteiger partial charge in [-0.3, -0.25) is 0 Å². The summed E-state index contributed by atoms with van der Waals surface area (Å²) < 4.78 is 18.6. The molecule has 0 bridgehead atoms. The van der Waals surface area contributed by atoms with Crippen LogP contribution >= 0.6 is 0 Å². The number of pyridine rings is 1. The number of aliphatic hydroxyl groups excluding tert-OH is 1. The number of aromatic nitrogens is 1. The highest BCUT2D eigenvalue weighted by atomic mass is 19.1. The van der Waals surface area contributed by atoms with E-state index in [2.05, 4.69) is 4.98 Å². The topological polar surface area (TPSA) is 45.6 Å². The number of hydrogen-bond acceptors (Lipinski definition) is 4. The normalized spacial score (nSPS) is 21.4. The van der Waals surface area contributed by atoms with E-state index in [1.807, 2.05) is 11.8 Å². The molecule has 1 aliphatic heterocycles. The molecule has 1 unspecified atom stereocenters. The molecule has 5 heteroatoms. The average Bonchev–Trinajstić information content (AvgIpc) is 2.53. The molecule has 0 aromatic carbocycles. The van der Waals surface area contributed by atoms with E-state index < -0.39 is 5.82 Å². The minimum atomic E-state index is -0.420. The number of hydrogen-bond donors (Lipinski definition) is 1. The van der Waals surface area contributed by atoms with E-state index in [4.69, 9.17) is 4.74 Å². The predicted molar refractivity (Wildman–Crippen MR) is 62.4 cm³/mol. The van der Waals surface area contributed by atoms with Crippen LogP contribution in [0, 0.1) is 5.82 Å². The molecule has 0 amide bonds. The van der Waals surface area contributed by atoms with Crippen LogP contribution in [0.15, 0.2) is 12.3 Å². The third kappa shape index (κ3) is 2.92. The summed E-state index contributed by atoms with van der Waals surface area (Å²) in [5.74, 6) is 0.239. The highest BCUT2D eigenvalue weighted by Crippen LogP contribution is 2.21. The van der Waals surface area contributed by atoms with Crippen molar-refractivity contribution in [3.63, 3.8) is 0 Å². The van der Waals surface area contributed by atoms with Gasteiger partial charge in [0.1, 0.15) is 11.6 Å². The van der Waals surface area contributed by atoms with E-state index in [-0.39, 0.29) is 12.7 Å². The van der Waals surface area contributed by atoms with Crippen molar-refractivity contribution in [3.05, 3.63) is 23.6 Å². The molecular formula is C12H17FN2O2. The summed E-state index contributed by atoms with van der Waals surface area (Å²) in [5, 5.41) is 9.25. The number of ether oxygens (including phenoxy) is 1. The number of anilines is 1. The molecule has 1 N–H and O–H groups in total. The first-order valence-corrected chi connectivity index (χ1v) is 5.82. The average molecular weight is 240 g/mol. The smallest absolute Gasteiger partial charge is 0.142 e. The summed E-state index contributed by atoms with van der Waals surface area (Å²) in [7, 11) is 0. The molecule has 1 aliphatic rings. The van der Waals surface area contributed by atoms with Gasteiger partial charge in [0, 0.05) is 25.3 Å². The number of halogens is 1. The summed E-state index contributed by atoms with van der Waals surface area (Å²) in [4.78, 5) is 6.13. The quantitative estimate of drug-likeness (QED) is 0.847. The number of rotatable bonds is 2. The van der Waals surface area contributed by atoms with Crippen LogP contribution in [0.5, 0.6) is 0 Å². The molecule has 0 radical (unpaired) electrons. The lowest BCUT2D eigenvalue weighted by Gasteiger charge is -2.25. The minimum absolute atomic E-state index is 0.121. The fourth-order valence-corrected chi connectivity index (χ4v) is 2.06. The first kappa shape index (κ1) is 12.3. The monoisotopic (exact) mass is 240 g/mol. The standard InChI is InChI=1S/C12H17FN2O2/c1-9-7-15(3-2-4-17-9)12-10(8-16)5-11(13)6-14-12/h5-6,9,16H,2-4,7-8H2,1H3. The molecule has 94 valence electrons. The van der Waals surface area contributed by atoms with E-state index in [0.29, 0.717) is 17.9 Å². The molecule has 1 aromatic heterocycles. The Morgan fingerprint density at radius 1 is 1.65 bits per heavy atom. The van der Waals surface area contributed by atoms with Gasteiger partial charge >= 0.3 is 0 Å². The molecule has 1 saturated heterocycles. The van der Waals surface area contributed by atoms with Gasteiger partial charge in [0.05, 0.1) is 18.9 Å². The summed E-state index contributed by atoms with van der Waals surface area (Å²) >= 11 is 0. The first-order chi connectivity index (χ1) is 8.20. The molecule has 1 aromatic rings. The van der Waals surface area contributed by atoms with E-state index in [9.17, 15) is 9.50 Å². The number of nitrogens with zero attached hydrogens (tertiary/aromatic N) is 2. The predicted octanol–water partition coefficient (Wildman–Crippen LogP) is 1.33. The van der Waals surface area contributed by atoms with Gasteiger partial charge in [-0.2, -0.15) is 0 Å². The van der Waals surface area contributed by atoms with Crippen LogP contribution < -0.4 is 4.90 Å². The van der Waals surface area contributed by atoms with Crippen molar-refractivity contribution < 1.29 is 14.2 Å². The highest BCUT2D eigenvalue weighted by Gasteiger charge is 2.19. The molecule has 0 saturated carbocycles. The zero-order valence-corrected chi connectivity index (χ0v) is 9.90. The number of aliphatic hydroxyl groups is 1. The second kappa shape index (κ2) is 5.42. The molecule has 4 nitrogen and oxygen atoms in total. The van der Waals surface area contributed by atoms with E-state index >= 15 is 0 Å². The van der Waals surface area contributed by atoms with Crippen LogP contribution in [-0.2, 0) is 11.3 Å². The maximum atomic E-state index is 13.0. The fourth-order valence-electron chi connectivity index (χ4n) is 2.06. The molecule has 1 atom stereocenters. The Labute approximate surface area is 100 Å². The van der Waals surface area contributed by atoms with Gasteiger partial charge < -0.3 is 14.7 Å². The Morgan fingerprint density at radius 3 is 3.24 bits per heavy atom. The van der Waals surface area contributed by atoms with Crippen molar-refractivity contribution in [2.45, 2.75) is 26.1 Å². The minimum Gasteiger partial charge on any atom is -0.392 e. The Kier molecular flexibility index (Phi) is 3.91. The summed E-state index contributed by atoms with van der Waals surface area (Å²) in [5.41, 5.74) is 0.527. The molecule has 2 rings (SSSR count). The SMILES string of the molecule is CC1CN(c2ncc(F)cc2CO)CCCO1. The van der Waals surface area contributed by atoms with Gasteiger partial charge in [-0.25, -0.2) is 9.37 Å². The third-order valence-corrected chi connectivity index (χ3v) is 2.83. The Balaban J connectivity index is 2.25. The van der Waals surface area contributed by atoms with Gasteiger partial charge in [0.2, 0.25) is 0 Å². The Morgan fingerprint density at radius 2 is 2.47 bits per heavy atom. The zero-order chi connectivity index (χ0) is 12.3. The molecule has 1 fully saturated rings. The van der Waals surface area contributed by atoms with Crippen molar-refractivity contribution in [3.8, 4) is 0 Å². The summed E-state index contributed by atoms with van der Waals surface area (Å²) in [6.45, 7) is 4.06. The van der Waals surface area contributed by atoms with Gasteiger partial charge in [-0.05, 0) is 19.4 Å². The van der Waals surface area contributed by atoms with Crippen molar-refractivity contribution in [1.29, 1.82) is 0 Å². The third-order valence-electron chi connectivity index (χ3n) is 2.83. The van der Waals surface area contributed by atoms with E-state index in [1.165, 1.54) is 12.3 Å². The maximum absolute atomic E-state index is 13.0. The zero-order valence-electron chi connectivity index (χ0n) is 9.90. The molecule has 0 spiro atoms. The highest BCUT2D eigenvalue weighted by molar-refractivity contribution is 5.46. The molecule has 2 heterocycles. The van der Waals surface area contributed by atoms with Gasteiger partial charge in [-0.15, -0.1) is 0 Å². The van der Waals surface area contributed by atoms with Gasteiger partial charge in [0.25, 0.3) is 0 Å². The van der Waals surface area contributed by atoms with Crippen LogP contribution in [0.4, 0.5) is 10.2 Å². The van der Waals surface area contributed by atoms with Crippen molar-refractivity contribution in [2.75, 3.05) is 24.6 Å². The second-order valence-electron chi connectivity index (χ2n) is 4.28. The van der Waals surface area contributed by atoms with Gasteiger partial charge in [0.15, 0.2) is 0 Å². The fraction of sp³-hybridized carbons (Fsp3) is 0.583. The second-order valence-corrected chi connectivity index (χ2v) is 4.28. The van der Waals surface area contributed by atoms with Crippen LogP contribution in [0.2, 0.25) is 0 Å². The lowest BCUT2D eigenvalue weighted by Crippen LogP contribution is -2.31. The first-order valence-electron chi connectivity index (χ1n) is 5.82. The largest absolute Gasteiger partial charge is 0.392 e.